The lowest BCUT2D eigenvalue weighted by molar-refractivity contribution is -0.121. The smallest absolute Gasteiger partial charge is 0.234 e. The quantitative estimate of drug-likeness (QED) is 0.429. The Bertz CT molecular complexity index is 1160. The van der Waals surface area contributed by atoms with Crippen molar-refractivity contribution in [3.05, 3.63) is 75.7 Å². The van der Waals surface area contributed by atoms with Gasteiger partial charge in [-0.05, 0) is 56.4 Å². The highest BCUT2D eigenvalue weighted by atomic mass is 35.5. The number of nitrogens with zero attached hydrogens (tertiary/aromatic N) is 2. The van der Waals surface area contributed by atoms with Gasteiger partial charge in [-0.3, -0.25) is 4.79 Å². The first-order valence-corrected chi connectivity index (χ1v) is 11.0. The highest BCUT2D eigenvalue weighted by molar-refractivity contribution is 6.36. The standard InChI is InChI=1S/C24H25Cl2FN4O2/c1-14(22-18(25)7-8-19(27)23(22)26)33-20-10-17(12-30-24(20)28)16-6-4-5-15(9-16)11-29-21(32)13-31(2)3/h4-10,12,14H,11,13H2,1-3H3,(H2,28,30)(H,29,32). The summed E-state index contributed by atoms with van der Waals surface area (Å²) in [7, 11) is 3.68. The third-order valence-corrected chi connectivity index (χ3v) is 5.60. The van der Waals surface area contributed by atoms with Gasteiger partial charge in [-0.2, -0.15) is 0 Å². The maximum atomic E-state index is 13.9. The minimum absolute atomic E-state index is 0.0566. The van der Waals surface area contributed by atoms with E-state index in [1.165, 1.54) is 12.1 Å². The second-order valence-electron chi connectivity index (χ2n) is 7.84. The van der Waals surface area contributed by atoms with Crippen molar-refractivity contribution in [1.29, 1.82) is 0 Å². The van der Waals surface area contributed by atoms with Gasteiger partial charge >= 0.3 is 0 Å². The predicted molar refractivity (Wildman–Crippen MR) is 130 cm³/mol. The number of hydrogen-bond acceptors (Lipinski definition) is 5. The van der Waals surface area contributed by atoms with Crippen LogP contribution in [0.3, 0.4) is 0 Å². The molecule has 33 heavy (non-hydrogen) atoms. The highest BCUT2D eigenvalue weighted by Crippen LogP contribution is 2.37. The van der Waals surface area contributed by atoms with E-state index in [1.807, 2.05) is 38.4 Å². The van der Waals surface area contributed by atoms with Gasteiger partial charge < -0.3 is 20.7 Å². The molecule has 3 N–H and O–H groups in total. The molecule has 1 heterocycles. The van der Waals surface area contributed by atoms with Crippen LogP contribution in [-0.4, -0.2) is 36.4 Å². The van der Waals surface area contributed by atoms with Crippen LogP contribution in [0.1, 0.15) is 24.2 Å². The second-order valence-corrected chi connectivity index (χ2v) is 8.62. The zero-order valence-electron chi connectivity index (χ0n) is 18.5. The number of rotatable bonds is 8. The van der Waals surface area contributed by atoms with Crippen molar-refractivity contribution in [2.24, 2.45) is 0 Å². The lowest BCUT2D eigenvalue weighted by Crippen LogP contribution is -2.32. The molecule has 0 bridgehead atoms. The molecule has 0 saturated heterocycles. The molecule has 2 aromatic carbocycles. The van der Waals surface area contributed by atoms with E-state index in [9.17, 15) is 9.18 Å². The molecule has 1 amide bonds. The molecule has 0 spiro atoms. The van der Waals surface area contributed by atoms with E-state index in [0.717, 1.165) is 16.7 Å². The van der Waals surface area contributed by atoms with Crippen LogP contribution >= 0.6 is 23.2 Å². The van der Waals surface area contributed by atoms with Crippen molar-refractivity contribution < 1.29 is 13.9 Å². The number of ether oxygens (including phenoxy) is 1. The monoisotopic (exact) mass is 490 g/mol. The molecule has 0 radical (unpaired) electrons. The number of nitrogens with two attached hydrogens (primary N) is 1. The molecule has 174 valence electrons. The summed E-state index contributed by atoms with van der Waals surface area (Å²) in [5.41, 5.74) is 8.93. The summed E-state index contributed by atoms with van der Waals surface area (Å²) in [4.78, 5) is 18.0. The van der Waals surface area contributed by atoms with E-state index >= 15 is 0 Å². The highest BCUT2D eigenvalue weighted by Gasteiger charge is 2.20. The molecule has 0 aliphatic carbocycles. The van der Waals surface area contributed by atoms with Gasteiger partial charge in [-0.15, -0.1) is 0 Å². The fourth-order valence-electron chi connectivity index (χ4n) is 3.28. The van der Waals surface area contributed by atoms with E-state index < -0.39 is 11.9 Å². The first kappa shape index (κ1) is 24.8. The van der Waals surface area contributed by atoms with Gasteiger partial charge in [0.2, 0.25) is 5.91 Å². The Labute approximate surface area is 202 Å². The summed E-state index contributed by atoms with van der Waals surface area (Å²) in [6.45, 7) is 2.43. The summed E-state index contributed by atoms with van der Waals surface area (Å²) in [5.74, 6) is -0.137. The number of halogens is 3. The number of amides is 1. The number of nitrogens with one attached hydrogen (secondary N) is 1. The first-order chi connectivity index (χ1) is 15.7. The van der Waals surface area contributed by atoms with Gasteiger partial charge in [0.05, 0.1) is 11.6 Å². The van der Waals surface area contributed by atoms with Gasteiger partial charge in [-0.1, -0.05) is 41.4 Å². The number of carbonyl (C=O) groups is 1. The van der Waals surface area contributed by atoms with Crippen molar-refractivity contribution in [3.8, 4) is 16.9 Å². The van der Waals surface area contributed by atoms with Crippen molar-refractivity contribution in [1.82, 2.24) is 15.2 Å². The molecule has 1 aromatic heterocycles. The molecule has 6 nitrogen and oxygen atoms in total. The maximum absolute atomic E-state index is 13.9. The van der Waals surface area contributed by atoms with Crippen LogP contribution in [0.25, 0.3) is 11.1 Å². The molecule has 1 atom stereocenters. The molecule has 0 saturated carbocycles. The van der Waals surface area contributed by atoms with Gasteiger partial charge in [0.25, 0.3) is 0 Å². The number of pyridine rings is 1. The molecule has 0 aliphatic heterocycles. The average molecular weight is 491 g/mol. The van der Waals surface area contributed by atoms with Gasteiger partial charge in [0, 0.05) is 28.9 Å². The minimum atomic E-state index is -0.668. The number of anilines is 1. The normalized spacial score (nSPS) is 12.0. The van der Waals surface area contributed by atoms with E-state index in [0.29, 0.717) is 29.4 Å². The maximum Gasteiger partial charge on any atom is 0.234 e. The summed E-state index contributed by atoms with van der Waals surface area (Å²) in [5, 5.41) is 3.09. The average Bonchev–Trinajstić information content (AvgIpc) is 2.76. The lowest BCUT2D eigenvalue weighted by Gasteiger charge is -2.19. The number of likely N-dealkylation sites (N-methyl/N-ethyl adjacent to an activating group) is 1. The van der Waals surface area contributed by atoms with Crippen LogP contribution in [0, 0.1) is 5.82 Å². The molecular weight excluding hydrogens is 466 g/mol. The largest absolute Gasteiger partial charge is 0.482 e. The molecule has 0 fully saturated rings. The lowest BCUT2D eigenvalue weighted by atomic mass is 10.0. The molecule has 3 rings (SSSR count). The van der Waals surface area contributed by atoms with Crippen LogP contribution in [-0.2, 0) is 11.3 Å². The van der Waals surface area contributed by atoms with Crippen molar-refractivity contribution in [2.75, 3.05) is 26.4 Å². The fraction of sp³-hybridized carbons (Fsp3) is 0.250. The molecule has 0 aliphatic rings. The Hall–Kier alpha value is -2.87. The van der Waals surface area contributed by atoms with Crippen LogP contribution < -0.4 is 15.8 Å². The third-order valence-electron chi connectivity index (χ3n) is 4.88. The van der Waals surface area contributed by atoms with E-state index in [-0.39, 0.29) is 16.7 Å². The SMILES string of the molecule is CC(Oc1cc(-c2cccc(CNC(=O)CN(C)C)c2)cnc1N)c1c(Cl)ccc(F)c1Cl. The van der Waals surface area contributed by atoms with E-state index in [1.54, 1.807) is 24.1 Å². The number of aromatic nitrogens is 1. The van der Waals surface area contributed by atoms with Crippen molar-refractivity contribution >= 4 is 34.9 Å². The van der Waals surface area contributed by atoms with Crippen molar-refractivity contribution in [3.63, 3.8) is 0 Å². The Morgan fingerprint density at radius 1 is 1.21 bits per heavy atom. The van der Waals surface area contributed by atoms with E-state index in [4.69, 9.17) is 33.7 Å². The summed E-state index contributed by atoms with van der Waals surface area (Å²) < 4.78 is 19.9. The number of nitrogen functional groups attached to an aromatic ring is 1. The Balaban J connectivity index is 1.81. The summed E-state index contributed by atoms with van der Waals surface area (Å²) in [6, 6.07) is 12.1. The summed E-state index contributed by atoms with van der Waals surface area (Å²) >= 11 is 12.3. The van der Waals surface area contributed by atoms with Gasteiger partial charge in [-0.25, -0.2) is 9.37 Å². The fourth-order valence-corrected chi connectivity index (χ4v) is 3.95. The number of hydrogen-bond donors (Lipinski definition) is 2. The molecule has 3 aromatic rings. The minimum Gasteiger partial charge on any atom is -0.482 e. The van der Waals surface area contributed by atoms with Gasteiger partial charge in [0.15, 0.2) is 11.6 Å². The third kappa shape index (κ3) is 6.35. The Morgan fingerprint density at radius 3 is 2.70 bits per heavy atom. The number of carbonyl (C=O) groups excluding carboxylic acids is 1. The Kier molecular flexibility index (Phi) is 8.13. The van der Waals surface area contributed by atoms with Crippen LogP contribution in [0.15, 0.2) is 48.7 Å². The van der Waals surface area contributed by atoms with Crippen LogP contribution in [0.5, 0.6) is 5.75 Å². The topological polar surface area (TPSA) is 80.5 Å². The Morgan fingerprint density at radius 2 is 1.97 bits per heavy atom. The first-order valence-electron chi connectivity index (χ1n) is 10.2. The van der Waals surface area contributed by atoms with Crippen molar-refractivity contribution in [2.45, 2.75) is 19.6 Å². The second kappa shape index (κ2) is 10.8. The summed E-state index contributed by atoms with van der Waals surface area (Å²) in [6.07, 6.45) is 0.969. The number of benzene rings is 2. The van der Waals surface area contributed by atoms with Crippen LogP contribution in [0.2, 0.25) is 10.0 Å². The molecule has 1 unspecified atom stereocenters. The van der Waals surface area contributed by atoms with Crippen LogP contribution in [0.4, 0.5) is 10.2 Å². The van der Waals surface area contributed by atoms with E-state index in [2.05, 4.69) is 10.3 Å². The zero-order chi connectivity index (χ0) is 24.1. The molecular formula is C24H25Cl2FN4O2. The zero-order valence-corrected chi connectivity index (χ0v) is 20.0. The molecule has 9 heteroatoms. The predicted octanol–water partition coefficient (Wildman–Crippen LogP) is 5.09. The van der Waals surface area contributed by atoms with Gasteiger partial charge in [0.1, 0.15) is 11.9 Å².